The molecule has 122 valence electrons. The Hall–Kier alpha value is -1.89. The van der Waals surface area contributed by atoms with E-state index >= 15 is 0 Å². The fourth-order valence-corrected chi connectivity index (χ4v) is 2.45. The van der Waals surface area contributed by atoms with Crippen molar-refractivity contribution >= 4 is 29.3 Å². The Morgan fingerprint density at radius 3 is 2.50 bits per heavy atom. The molecule has 0 heterocycles. The summed E-state index contributed by atoms with van der Waals surface area (Å²) in [7, 11) is 4.47. The topological polar surface area (TPSA) is 73.9 Å². The predicted molar refractivity (Wildman–Crippen MR) is 86.8 cm³/mol. The number of anilines is 1. The molecule has 0 radical (unpaired) electrons. The molecular weight excluding hydrogens is 306 g/mol. The van der Waals surface area contributed by atoms with Gasteiger partial charge in [-0.2, -0.15) is 11.8 Å². The third-order valence-corrected chi connectivity index (χ3v) is 3.84. The largest absolute Gasteiger partial charge is 0.493 e. The summed E-state index contributed by atoms with van der Waals surface area (Å²) < 4.78 is 14.9. The van der Waals surface area contributed by atoms with E-state index in [0.717, 1.165) is 5.75 Å². The SMILES string of the molecule is COC(=O)CCCSCC(=O)Nc1ccc(OC)c(OC)c1. The average Bonchev–Trinajstić information content (AvgIpc) is 2.54. The van der Waals surface area contributed by atoms with Crippen molar-refractivity contribution in [2.24, 2.45) is 0 Å². The number of methoxy groups -OCH3 is 3. The Balaban J connectivity index is 2.34. The lowest BCUT2D eigenvalue weighted by atomic mass is 10.2. The first-order chi connectivity index (χ1) is 10.6. The zero-order chi connectivity index (χ0) is 16.4. The number of benzene rings is 1. The Morgan fingerprint density at radius 1 is 1.14 bits per heavy atom. The molecule has 1 amide bonds. The lowest BCUT2D eigenvalue weighted by Gasteiger charge is -2.10. The fourth-order valence-electron chi connectivity index (χ4n) is 1.70. The fraction of sp³-hybridized carbons (Fsp3) is 0.467. The Bertz CT molecular complexity index is 507. The molecule has 0 aliphatic heterocycles. The molecule has 1 N–H and O–H groups in total. The van der Waals surface area contributed by atoms with E-state index in [4.69, 9.17) is 9.47 Å². The molecule has 1 aromatic carbocycles. The number of thioether (sulfide) groups is 1. The molecule has 0 fully saturated rings. The zero-order valence-corrected chi connectivity index (χ0v) is 13.8. The van der Waals surface area contributed by atoms with Crippen molar-refractivity contribution in [2.45, 2.75) is 12.8 Å². The maximum absolute atomic E-state index is 11.8. The minimum absolute atomic E-state index is 0.102. The van der Waals surface area contributed by atoms with Gasteiger partial charge in [-0.15, -0.1) is 0 Å². The molecule has 6 nitrogen and oxygen atoms in total. The first-order valence-corrected chi connectivity index (χ1v) is 7.92. The van der Waals surface area contributed by atoms with Crippen molar-refractivity contribution in [3.05, 3.63) is 18.2 Å². The summed E-state index contributed by atoms with van der Waals surface area (Å²) >= 11 is 1.47. The highest BCUT2D eigenvalue weighted by molar-refractivity contribution is 7.99. The molecule has 0 aliphatic carbocycles. The highest BCUT2D eigenvalue weighted by atomic mass is 32.2. The van der Waals surface area contributed by atoms with Gasteiger partial charge >= 0.3 is 5.97 Å². The molecule has 22 heavy (non-hydrogen) atoms. The number of hydrogen-bond donors (Lipinski definition) is 1. The van der Waals surface area contributed by atoms with Gasteiger partial charge in [0.05, 0.1) is 27.1 Å². The van der Waals surface area contributed by atoms with Gasteiger partial charge < -0.3 is 19.5 Å². The van der Waals surface area contributed by atoms with Crippen LogP contribution in [-0.4, -0.2) is 44.7 Å². The van der Waals surface area contributed by atoms with E-state index in [0.29, 0.717) is 35.8 Å². The van der Waals surface area contributed by atoms with Crippen LogP contribution in [0.1, 0.15) is 12.8 Å². The highest BCUT2D eigenvalue weighted by Gasteiger charge is 2.08. The van der Waals surface area contributed by atoms with Crippen LogP contribution in [-0.2, 0) is 14.3 Å². The van der Waals surface area contributed by atoms with Gasteiger partial charge in [-0.3, -0.25) is 9.59 Å². The number of carbonyl (C=O) groups is 2. The van der Waals surface area contributed by atoms with E-state index < -0.39 is 0 Å². The molecule has 0 aliphatic rings. The van der Waals surface area contributed by atoms with E-state index in [-0.39, 0.29) is 11.9 Å². The van der Waals surface area contributed by atoms with Crippen LogP contribution in [0, 0.1) is 0 Å². The quantitative estimate of drug-likeness (QED) is 0.554. The van der Waals surface area contributed by atoms with Gasteiger partial charge in [0.15, 0.2) is 11.5 Å². The van der Waals surface area contributed by atoms with Gasteiger partial charge in [-0.05, 0) is 24.3 Å². The number of hydrogen-bond acceptors (Lipinski definition) is 6. The van der Waals surface area contributed by atoms with Gasteiger partial charge in [0.2, 0.25) is 5.91 Å². The Kier molecular flexibility index (Phi) is 8.21. The van der Waals surface area contributed by atoms with Gasteiger partial charge in [-0.1, -0.05) is 0 Å². The summed E-state index contributed by atoms with van der Waals surface area (Å²) in [4.78, 5) is 22.8. The summed E-state index contributed by atoms with van der Waals surface area (Å²) in [5, 5.41) is 2.79. The lowest BCUT2D eigenvalue weighted by molar-refractivity contribution is -0.140. The molecule has 7 heteroatoms. The standard InChI is InChI=1S/C15H21NO5S/c1-19-12-7-6-11(9-13(12)20-2)16-14(17)10-22-8-4-5-15(18)21-3/h6-7,9H,4-5,8,10H2,1-3H3,(H,16,17). The van der Waals surface area contributed by atoms with Crippen molar-refractivity contribution in [3.63, 3.8) is 0 Å². The molecule has 0 spiro atoms. The molecule has 1 aromatic rings. The zero-order valence-electron chi connectivity index (χ0n) is 13.0. The molecule has 0 saturated heterocycles. The van der Waals surface area contributed by atoms with Crippen molar-refractivity contribution in [1.29, 1.82) is 0 Å². The normalized spacial score (nSPS) is 9.95. The number of esters is 1. The molecule has 0 aromatic heterocycles. The molecular formula is C15H21NO5S. The summed E-state index contributed by atoms with van der Waals surface area (Å²) in [5.74, 6) is 1.90. The van der Waals surface area contributed by atoms with Crippen molar-refractivity contribution in [1.82, 2.24) is 0 Å². The summed E-state index contributed by atoms with van der Waals surface area (Å²) in [6.45, 7) is 0. The number of carbonyl (C=O) groups excluding carboxylic acids is 2. The van der Waals surface area contributed by atoms with Crippen LogP contribution in [0.2, 0.25) is 0 Å². The van der Waals surface area contributed by atoms with Crippen molar-refractivity contribution in [3.8, 4) is 11.5 Å². The van der Waals surface area contributed by atoms with E-state index in [1.54, 1.807) is 32.4 Å². The number of amides is 1. The first-order valence-electron chi connectivity index (χ1n) is 6.77. The summed E-state index contributed by atoms with van der Waals surface area (Å²) in [6, 6.07) is 5.19. The smallest absolute Gasteiger partial charge is 0.305 e. The van der Waals surface area contributed by atoms with Crippen LogP contribution in [0.15, 0.2) is 18.2 Å². The molecule has 0 unspecified atom stereocenters. The summed E-state index contributed by atoms with van der Waals surface area (Å²) in [6.07, 6.45) is 1.07. The highest BCUT2D eigenvalue weighted by Crippen LogP contribution is 2.29. The van der Waals surface area contributed by atoms with Crippen LogP contribution >= 0.6 is 11.8 Å². The summed E-state index contributed by atoms with van der Waals surface area (Å²) in [5.41, 5.74) is 0.651. The van der Waals surface area contributed by atoms with E-state index in [9.17, 15) is 9.59 Å². The molecule has 1 rings (SSSR count). The maximum atomic E-state index is 11.8. The second kappa shape index (κ2) is 9.94. The Morgan fingerprint density at radius 2 is 1.86 bits per heavy atom. The lowest BCUT2D eigenvalue weighted by Crippen LogP contribution is -2.14. The van der Waals surface area contributed by atoms with Crippen LogP contribution in [0.25, 0.3) is 0 Å². The van der Waals surface area contributed by atoms with Crippen molar-refractivity contribution in [2.75, 3.05) is 38.2 Å². The third-order valence-electron chi connectivity index (χ3n) is 2.80. The number of ether oxygens (including phenoxy) is 3. The van der Waals surface area contributed by atoms with Gasteiger partial charge in [0.1, 0.15) is 0 Å². The Labute approximate surface area is 134 Å². The van der Waals surface area contributed by atoms with Crippen LogP contribution in [0.3, 0.4) is 0 Å². The van der Waals surface area contributed by atoms with Gasteiger partial charge in [0.25, 0.3) is 0 Å². The monoisotopic (exact) mass is 327 g/mol. The van der Waals surface area contributed by atoms with Crippen LogP contribution in [0.5, 0.6) is 11.5 Å². The minimum atomic E-state index is -0.227. The molecule has 0 atom stereocenters. The number of nitrogens with one attached hydrogen (secondary N) is 1. The second-order valence-electron chi connectivity index (χ2n) is 4.35. The second-order valence-corrected chi connectivity index (χ2v) is 5.46. The number of rotatable bonds is 9. The van der Waals surface area contributed by atoms with Crippen molar-refractivity contribution < 1.29 is 23.8 Å². The predicted octanol–water partition coefficient (Wildman–Crippen LogP) is 2.33. The third kappa shape index (κ3) is 6.26. The minimum Gasteiger partial charge on any atom is -0.493 e. The van der Waals surface area contributed by atoms with Gasteiger partial charge in [-0.25, -0.2) is 0 Å². The van der Waals surface area contributed by atoms with E-state index in [1.807, 2.05) is 0 Å². The molecule has 0 bridgehead atoms. The van der Waals surface area contributed by atoms with E-state index in [2.05, 4.69) is 10.1 Å². The van der Waals surface area contributed by atoms with E-state index in [1.165, 1.54) is 18.9 Å². The maximum Gasteiger partial charge on any atom is 0.305 e. The van der Waals surface area contributed by atoms with Crippen LogP contribution < -0.4 is 14.8 Å². The molecule has 0 saturated carbocycles. The first kappa shape index (κ1) is 18.2. The average molecular weight is 327 g/mol. The van der Waals surface area contributed by atoms with Gasteiger partial charge in [0, 0.05) is 18.2 Å². The van der Waals surface area contributed by atoms with Crippen LogP contribution in [0.4, 0.5) is 5.69 Å².